The Bertz CT molecular complexity index is 664. The average molecular weight is 304 g/mol. The van der Waals surface area contributed by atoms with E-state index >= 15 is 0 Å². The van der Waals surface area contributed by atoms with Crippen LogP contribution in [0.2, 0.25) is 0 Å². The van der Waals surface area contributed by atoms with E-state index in [1.165, 1.54) is 23.7 Å². The number of carbonyl (C=O) groups is 2. The number of thiophene rings is 1. The smallest absolute Gasteiger partial charge is 0.266 e. The summed E-state index contributed by atoms with van der Waals surface area (Å²) in [6.45, 7) is 5.78. The first kappa shape index (κ1) is 15.1. The number of carbonyl (C=O) groups excluding carboxylic acids is 2. The van der Waals surface area contributed by atoms with Crippen LogP contribution in [0.3, 0.4) is 0 Å². The molecule has 2 rings (SSSR count). The fraction of sp³-hybridized carbons (Fsp3) is 0.286. The van der Waals surface area contributed by atoms with Crippen molar-refractivity contribution in [3.05, 3.63) is 45.2 Å². The van der Waals surface area contributed by atoms with Crippen molar-refractivity contribution in [2.45, 2.75) is 27.2 Å². The quantitative estimate of drug-likeness (QED) is 0.847. The van der Waals surface area contributed by atoms with Crippen molar-refractivity contribution in [1.29, 1.82) is 0 Å². The molecule has 0 saturated carbocycles. The predicted molar refractivity (Wildman–Crippen MR) is 80.1 cm³/mol. The number of nitrogens with zero attached hydrogens (tertiary/aromatic N) is 2. The van der Waals surface area contributed by atoms with Crippen LogP contribution >= 0.6 is 11.3 Å². The number of rotatable bonds is 3. The molecule has 7 heteroatoms. The van der Waals surface area contributed by atoms with Gasteiger partial charge in [-0.3, -0.25) is 25.4 Å². The lowest BCUT2D eigenvalue weighted by molar-refractivity contribution is 0.0846. The fourth-order valence-electron chi connectivity index (χ4n) is 1.73. The second-order valence-corrected chi connectivity index (χ2v) is 5.66. The Morgan fingerprint density at radius 3 is 2.43 bits per heavy atom. The minimum absolute atomic E-state index is 0.150. The fourth-order valence-corrected chi connectivity index (χ4v) is 2.74. The molecule has 0 fully saturated rings. The van der Waals surface area contributed by atoms with Gasteiger partial charge < -0.3 is 0 Å². The van der Waals surface area contributed by atoms with Gasteiger partial charge in [-0.15, -0.1) is 11.3 Å². The third-order valence-corrected chi connectivity index (χ3v) is 4.25. The summed E-state index contributed by atoms with van der Waals surface area (Å²) < 4.78 is 0. The lowest BCUT2D eigenvalue weighted by Crippen LogP contribution is -2.41. The van der Waals surface area contributed by atoms with Gasteiger partial charge in [0.05, 0.1) is 16.8 Å². The van der Waals surface area contributed by atoms with E-state index in [4.69, 9.17) is 0 Å². The number of hydrazine groups is 1. The van der Waals surface area contributed by atoms with Crippen LogP contribution < -0.4 is 10.9 Å². The maximum atomic E-state index is 12.0. The molecule has 0 unspecified atom stereocenters. The molecule has 0 aliphatic carbocycles. The summed E-state index contributed by atoms with van der Waals surface area (Å²) in [6.07, 6.45) is 3.74. The molecule has 0 aromatic carbocycles. The molecule has 6 nitrogen and oxygen atoms in total. The van der Waals surface area contributed by atoms with Crippen LogP contribution in [-0.4, -0.2) is 21.8 Å². The second-order valence-electron chi connectivity index (χ2n) is 4.52. The van der Waals surface area contributed by atoms with E-state index in [-0.39, 0.29) is 11.6 Å². The van der Waals surface area contributed by atoms with E-state index in [9.17, 15) is 9.59 Å². The highest BCUT2D eigenvalue weighted by molar-refractivity contribution is 7.14. The summed E-state index contributed by atoms with van der Waals surface area (Å²) in [5.41, 5.74) is 6.67. The highest BCUT2D eigenvalue weighted by atomic mass is 32.1. The van der Waals surface area contributed by atoms with E-state index in [2.05, 4.69) is 20.8 Å². The molecule has 21 heavy (non-hydrogen) atoms. The van der Waals surface area contributed by atoms with Crippen molar-refractivity contribution in [1.82, 2.24) is 20.8 Å². The average Bonchev–Trinajstić information content (AvgIpc) is 2.86. The highest BCUT2D eigenvalue weighted by Crippen LogP contribution is 2.21. The lowest BCUT2D eigenvalue weighted by Gasteiger charge is -2.05. The summed E-state index contributed by atoms with van der Waals surface area (Å²) in [6, 6.07) is 1.82. The monoisotopic (exact) mass is 304 g/mol. The highest BCUT2D eigenvalue weighted by Gasteiger charge is 2.13. The molecule has 0 spiro atoms. The Hall–Kier alpha value is -2.28. The van der Waals surface area contributed by atoms with Crippen LogP contribution in [0.4, 0.5) is 0 Å². The number of hydrogen-bond acceptors (Lipinski definition) is 5. The number of hydrogen-bond donors (Lipinski definition) is 2. The largest absolute Gasteiger partial charge is 0.289 e. The molecule has 110 valence electrons. The van der Waals surface area contributed by atoms with Crippen molar-refractivity contribution in [3.63, 3.8) is 0 Å². The summed E-state index contributed by atoms with van der Waals surface area (Å²) >= 11 is 1.43. The van der Waals surface area contributed by atoms with E-state index in [1.807, 2.05) is 19.9 Å². The molecule has 0 aliphatic heterocycles. The molecular formula is C14H16N4O2S. The molecule has 2 heterocycles. The molecule has 2 aromatic heterocycles. The molecule has 0 aliphatic rings. The van der Waals surface area contributed by atoms with Gasteiger partial charge in [0.2, 0.25) is 0 Å². The SMILES string of the molecule is CCc1sc(C(=O)NNC(=O)c2cnc(C)cn2)cc1C. The molecular weight excluding hydrogens is 288 g/mol. The topological polar surface area (TPSA) is 84.0 Å². The zero-order valence-electron chi connectivity index (χ0n) is 12.1. The number of nitrogens with one attached hydrogen (secondary N) is 2. The van der Waals surface area contributed by atoms with Crippen molar-refractivity contribution in [2.24, 2.45) is 0 Å². The predicted octanol–water partition coefficient (Wildman–Crippen LogP) is 1.79. The van der Waals surface area contributed by atoms with Crippen molar-refractivity contribution < 1.29 is 9.59 Å². The van der Waals surface area contributed by atoms with Gasteiger partial charge in [-0.1, -0.05) is 6.92 Å². The number of aromatic nitrogens is 2. The first-order chi connectivity index (χ1) is 10.0. The van der Waals surface area contributed by atoms with Gasteiger partial charge >= 0.3 is 0 Å². The molecule has 2 aromatic rings. The Balaban J connectivity index is 1.97. The summed E-state index contributed by atoms with van der Waals surface area (Å²) in [5, 5.41) is 0. The second kappa shape index (κ2) is 6.45. The Labute approximate surface area is 126 Å². The zero-order valence-corrected chi connectivity index (χ0v) is 12.9. The van der Waals surface area contributed by atoms with E-state index in [0.717, 1.165) is 22.6 Å². The van der Waals surface area contributed by atoms with Gasteiger partial charge in [0.15, 0.2) is 0 Å². The van der Waals surface area contributed by atoms with Gasteiger partial charge in [-0.25, -0.2) is 4.98 Å². The molecule has 0 bridgehead atoms. The molecule has 0 saturated heterocycles. The third-order valence-electron chi connectivity index (χ3n) is 2.87. The Kier molecular flexibility index (Phi) is 4.64. The lowest BCUT2D eigenvalue weighted by atomic mass is 10.2. The molecule has 2 amide bonds. The van der Waals surface area contributed by atoms with E-state index in [1.54, 1.807) is 6.92 Å². The zero-order chi connectivity index (χ0) is 15.4. The van der Waals surface area contributed by atoms with Crippen LogP contribution in [0.15, 0.2) is 18.5 Å². The minimum atomic E-state index is -0.500. The van der Waals surface area contributed by atoms with Crippen molar-refractivity contribution >= 4 is 23.2 Å². The van der Waals surface area contributed by atoms with Crippen LogP contribution in [0, 0.1) is 13.8 Å². The van der Waals surface area contributed by atoms with Crippen LogP contribution in [0.25, 0.3) is 0 Å². The van der Waals surface area contributed by atoms with Gasteiger partial charge in [0.1, 0.15) is 5.69 Å². The maximum absolute atomic E-state index is 12.0. The van der Waals surface area contributed by atoms with Gasteiger partial charge in [-0.05, 0) is 31.9 Å². The standard InChI is InChI=1S/C14H16N4O2S/c1-4-11-8(2)5-12(21-11)14(20)18-17-13(19)10-7-15-9(3)6-16-10/h5-7H,4H2,1-3H3,(H,17,19)(H,18,20). The first-order valence-electron chi connectivity index (χ1n) is 6.50. The summed E-state index contributed by atoms with van der Waals surface area (Å²) in [5.74, 6) is -0.837. The molecule has 0 atom stereocenters. The Morgan fingerprint density at radius 1 is 1.14 bits per heavy atom. The maximum Gasteiger partial charge on any atom is 0.289 e. The van der Waals surface area contributed by atoms with Crippen molar-refractivity contribution in [2.75, 3.05) is 0 Å². The number of aryl methyl sites for hydroxylation is 3. The minimum Gasteiger partial charge on any atom is -0.266 e. The summed E-state index contributed by atoms with van der Waals surface area (Å²) in [4.78, 5) is 33.4. The first-order valence-corrected chi connectivity index (χ1v) is 7.31. The molecule has 2 N–H and O–H groups in total. The molecule has 0 radical (unpaired) electrons. The van der Waals surface area contributed by atoms with E-state index < -0.39 is 5.91 Å². The third kappa shape index (κ3) is 3.63. The summed E-state index contributed by atoms with van der Waals surface area (Å²) in [7, 11) is 0. The van der Waals surface area contributed by atoms with Gasteiger partial charge in [0, 0.05) is 11.1 Å². The van der Waals surface area contributed by atoms with Crippen molar-refractivity contribution in [3.8, 4) is 0 Å². The van der Waals surface area contributed by atoms with Gasteiger partial charge in [0.25, 0.3) is 11.8 Å². The van der Waals surface area contributed by atoms with Crippen LogP contribution in [0.5, 0.6) is 0 Å². The van der Waals surface area contributed by atoms with Gasteiger partial charge in [-0.2, -0.15) is 0 Å². The number of amides is 2. The van der Waals surface area contributed by atoms with Crippen LogP contribution in [-0.2, 0) is 6.42 Å². The Morgan fingerprint density at radius 2 is 1.86 bits per heavy atom. The van der Waals surface area contributed by atoms with E-state index in [0.29, 0.717) is 4.88 Å². The normalized spacial score (nSPS) is 10.2. The van der Waals surface area contributed by atoms with Crippen LogP contribution in [0.1, 0.15) is 43.2 Å².